The van der Waals surface area contributed by atoms with Gasteiger partial charge in [-0.15, -0.1) is 0 Å². The summed E-state index contributed by atoms with van der Waals surface area (Å²) in [6, 6.07) is 0. The highest BCUT2D eigenvalue weighted by molar-refractivity contribution is 4.96. The molecule has 0 N–H and O–H groups in total. The average Bonchev–Trinajstić information content (AvgIpc) is 2.13. The molecule has 0 aliphatic heterocycles. The number of hydrogen-bond acceptors (Lipinski definition) is 1. The first-order valence-electron chi connectivity index (χ1n) is 5.93. The van der Waals surface area contributed by atoms with Crippen LogP contribution in [0.3, 0.4) is 0 Å². The van der Waals surface area contributed by atoms with Gasteiger partial charge in [0.1, 0.15) is 0 Å². The molecular formula is C13H28O. The van der Waals surface area contributed by atoms with Crippen molar-refractivity contribution >= 4 is 0 Å². The Labute approximate surface area is 90.2 Å². The molecule has 14 heavy (non-hydrogen) atoms. The van der Waals surface area contributed by atoms with Gasteiger partial charge in [-0.2, -0.15) is 0 Å². The van der Waals surface area contributed by atoms with Gasteiger partial charge in [-0.05, 0) is 24.2 Å². The Hall–Kier alpha value is -0.0400. The van der Waals surface area contributed by atoms with Gasteiger partial charge in [-0.25, -0.2) is 0 Å². The Morgan fingerprint density at radius 1 is 1.14 bits per heavy atom. The van der Waals surface area contributed by atoms with Gasteiger partial charge in [-0.1, -0.05) is 48.0 Å². The maximum absolute atomic E-state index is 5.90. The van der Waals surface area contributed by atoms with Crippen molar-refractivity contribution in [2.75, 3.05) is 7.11 Å². The predicted molar refractivity (Wildman–Crippen MR) is 63.6 cm³/mol. The molecule has 0 spiro atoms. The quantitative estimate of drug-likeness (QED) is 0.622. The molecule has 0 rings (SSSR count). The fraction of sp³-hybridized carbons (Fsp3) is 1.00. The van der Waals surface area contributed by atoms with Crippen molar-refractivity contribution in [3.63, 3.8) is 0 Å². The summed E-state index contributed by atoms with van der Waals surface area (Å²) in [6.45, 7) is 13.7. The van der Waals surface area contributed by atoms with Gasteiger partial charge in [0.2, 0.25) is 0 Å². The highest BCUT2D eigenvalue weighted by Crippen LogP contribution is 2.45. The highest BCUT2D eigenvalue weighted by Gasteiger charge is 2.45. The molecule has 86 valence electrons. The largest absolute Gasteiger partial charge is 0.377 e. The van der Waals surface area contributed by atoms with Crippen molar-refractivity contribution in [1.29, 1.82) is 0 Å². The van der Waals surface area contributed by atoms with Crippen LogP contribution in [0.15, 0.2) is 0 Å². The SMILES string of the molecule is CCC[C@](OC)(C(C)C)C(C)(C)CC. The Morgan fingerprint density at radius 3 is 1.86 bits per heavy atom. The van der Waals surface area contributed by atoms with Gasteiger partial charge >= 0.3 is 0 Å². The molecular weight excluding hydrogens is 172 g/mol. The minimum Gasteiger partial charge on any atom is -0.377 e. The summed E-state index contributed by atoms with van der Waals surface area (Å²) in [4.78, 5) is 0. The summed E-state index contributed by atoms with van der Waals surface area (Å²) in [7, 11) is 1.87. The molecule has 0 aromatic heterocycles. The average molecular weight is 200 g/mol. The summed E-state index contributed by atoms with van der Waals surface area (Å²) in [6.07, 6.45) is 3.51. The van der Waals surface area contributed by atoms with Crippen molar-refractivity contribution in [3.05, 3.63) is 0 Å². The molecule has 0 aliphatic rings. The van der Waals surface area contributed by atoms with E-state index >= 15 is 0 Å². The summed E-state index contributed by atoms with van der Waals surface area (Å²) in [5.41, 5.74) is 0.294. The molecule has 0 aromatic rings. The van der Waals surface area contributed by atoms with Crippen molar-refractivity contribution in [2.45, 2.75) is 66.4 Å². The molecule has 0 saturated carbocycles. The third-order valence-corrected chi connectivity index (χ3v) is 3.95. The molecule has 0 saturated heterocycles. The topological polar surface area (TPSA) is 9.23 Å². The molecule has 1 heteroatoms. The highest BCUT2D eigenvalue weighted by atomic mass is 16.5. The zero-order chi connectivity index (χ0) is 11.4. The van der Waals surface area contributed by atoms with E-state index in [1.54, 1.807) is 0 Å². The summed E-state index contributed by atoms with van der Waals surface area (Å²) < 4.78 is 5.90. The van der Waals surface area contributed by atoms with Gasteiger partial charge in [0.15, 0.2) is 0 Å². The molecule has 0 amide bonds. The van der Waals surface area contributed by atoms with Crippen molar-refractivity contribution in [2.24, 2.45) is 11.3 Å². The van der Waals surface area contributed by atoms with Crippen LogP contribution in [-0.2, 0) is 4.74 Å². The lowest BCUT2D eigenvalue weighted by Crippen LogP contribution is -2.50. The normalized spacial score (nSPS) is 17.1. The standard InChI is InChI=1S/C13H28O/c1-8-10-13(14-7,11(3)4)12(5,6)9-2/h11H,8-10H2,1-7H3/t13-/m0/s1. The van der Waals surface area contributed by atoms with E-state index in [4.69, 9.17) is 4.74 Å². The van der Waals surface area contributed by atoms with E-state index in [0.29, 0.717) is 5.92 Å². The van der Waals surface area contributed by atoms with Gasteiger partial charge in [-0.3, -0.25) is 0 Å². The first kappa shape index (κ1) is 14.0. The lowest BCUT2D eigenvalue weighted by atomic mass is 9.65. The van der Waals surface area contributed by atoms with E-state index in [1.807, 2.05) is 7.11 Å². The molecule has 0 fully saturated rings. The van der Waals surface area contributed by atoms with Crippen molar-refractivity contribution in [1.82, 2.24) is 0 Å². The zero-order valence-electron chi connectivity index (χ0n) is 11.1. The first-order chi connectivity index (χ1) is 6.38. The van der Waals surface area contributed by atoms with E-state index in [1.165, 1.54) is 12.8 Å². The number of hydrogen-bond donors (Lipinski definition) is 0. The van der Waals surface area contributed by atoms with E-state index in [-0.39, 0.29) is 11.0 Å². The fourth-order valence-corrected chi connectivity index (χ4v) is 2.69. The summed E-state index contributed by atoms with van der Waals surface area (Å²) in [5.74, 6) is 0.572. The first-order valence-corrected chi connectivity index (χ1v) is 5.93. The van der Waals surface area contributed by atoms with Crippen molar-refractivity contribution < 1.29 is 4.74 Å². The minimum absolute atomic E-state index is 0.0382. The van der Waals surface area contributed by atoms with E-state index in [2.05, 4.69) is 41.5 Å². The molecule has 0 bridgehead atoms. The molecule has 0 aliphatic carbocycles. The molecule has 0 unspecified atom stereocenters. The number of ether oxygens (including phenoxy) is 1. The Balaban J connectivity index is 5.02. The Bertz CT molecular complexity index is 161. The van der Waals surface area contributed by atoms with Gasteiger partial charge in [0, 0.05) is 7.11 Å². The van der Waals surface area contributed by atoms with Gasteiger partial charge in [0.25, 0.3) is 0 Å². The molecule has 0 heterocycles. The molecule has 1 atom stereocenters. The van der Waals surface area contributed by atoms with Crippen LogP contribution < -0.4 is 0 Å². The van der Waals surface area contributed by atoms with Crippen LogP contribution in [0.25, 0.3) is 0 Å². The van der Waals surface area contributed by atoms with Crippen LogP contribution in [-0.4, -0.2) is 12.7 Å². The second-order valence-electron chi connectivity index (χ2n) is 5.24. The van der Waals surface area contributed by atoms with E-state index < -0.39 is 0 Å². The summed E-state index contributed by atoms with van der Waals surface area (Å²) in [5, 5.41) is 0. The van der Waals surface area contributed by atoms with Gasteiger partial charge in [0.05, 0.1) is 5.60 Å². The van der Waals surface area contributed by atoms with Crippen LogP contribution in [0.2, 0.25) is 0 Å². The third kappa shape index (κ3) is 2.31. The van der Waals surface area contributed by atoms with Crippen molar-refractivity contribution in [3.8, 4) is 0 Å². The van der Waals surface area contributed by atoms with Crippen LogP contribution in [0.5, 0.6) is 0 Å². The minimum atomic E-state index is 0.0382. The third-order valence-electron chi connectivity index (χ3n) is 3.95. The maximum Gasteiger partial charge on any atom is 0.0751 e. The van der Waals surface area contributed by atoms with Crippen LogP contribution >= 0.6 is 0 Å². The van der Waals surface area contributed by atoms with Crippen LogP contribution in [0.1, 0.15) is 60.8 Å². The van der Waals surface area contributed by atoms with E-state index in [9.17, 15) is 0 Å². The van der Waals surface area contributed by atoms with Gasteiger partial charge < -0.3 is 4.74 Å². The van der Waals surface area contributed by atoms with Crippen LogP contribution in [0.4, 0.5) is 0 Å². The Morgan fingerprint density at radius 2 is 1.64 bits per heavy atom. The summed E-state index contributed by atoms with van der Waals surface area (Å²) >= 11 is 0. The molecule has 0 aromatic carbocycles. The lowest BCUT2D eigenvalue weighted by Gasteiger charge is -2.48. The fourth-order valence-electron chi connectivity index (χ4n) is 2.69. The second-order valence-corrected chi connectivity index (χ2v) is 5.24. The lowest BCUT2D eigenvalue weighted by molar-refractivity contribution is -0.138. The van der Waals surface area contributed by atoms with Crippen LogP contribution in [0, 0.1) is 11.3 Å². The number of methoxy groups -OCH3 is 1. The Kier molecular flexibility index (Phi) is 5.14. The zero-order valence-corrected chi connectivity index (χ0v) is 11.1. The number of rotatable bonds is 6. The van der Waals surface area contributed by atoms with E-state index in [0.717, 1.165) is 6.42 Å². The second kappa shape index (κ2) is 5.16. The predicted octanol–water partition coefficient (Wildman–Crippen LogP) is 4.26. The smallest absolute Gasteiger partial charge is 0.0751 e. The maximum atomic E-state index is 5.90. The molecule has 1 nitrogen and oxygen atoms in total. The molecule has 0 radical (unpaired) electrons. The monoisotopic (exact) mass is 200 g/mol.